The van der Waals surface area contributed by atoms with Crippen molar-refractivity contribution < 1.29 is 35.2 Å². The summed E-state index contributed by atoms with van der Waals surface area (Å²) >= 11 is 1.57. The van der Waals surface area contributed by atoms with Crippen LogP contribution < -0.4 is 14.2 Å². The van der Waals surface area contributed by atoms with Gasteiger partial charge in [0.05, 0.1) is 26.9 Å². The molecule has 0 amide bonds. The number of thiazole rings is 1. The minimum Gasteiger partial charge on any atom is -0.748 e. The van der Waals surface area contributed by atoms with Crippen molar-refractivity contribution >= 4 is 64.3 Å². The fraction of sp³-hybridized carbons (Fsp3) is 0.286. The van der Waals surface area contributed by atoms with Crippen molar-refractivity contribution in [1.82, 2.24) is 0 Å². The number of ether oxygens (including phenoxy) is 1. The molecule has 0 spiro atoms. The number of fused-ring (bicyclic) bond motifs is 4. The molecular weight excluding hydrogens is 657 g/mol. The molecule has 12 heteroatoms. The molecule has 0 radical (unpaired) electrons. The number of aromatic nitrogens is 1. The minimum atomic E-state index is -4.37. The van der Waals surface area contributed by atoms with Crippen LogP contribution in [0.2, 0.25) is 0 Å². The van der Waals surface area contributed by atoms with E-state index in [9.17, 15) is 25.9 Å². The summed E-state index contributed by atoms with van der Waals surface area (Å²) in [5.41, 5.74) is 4.01. The van der Waals surface area contributed by atoms with Gasteiger partial charge in [-0.3, -0.25) is 4.55 Å². The number of anilines is 1. The molecule has 0 unspecified atom stereocenters. The third-order valence-electron chi connectivity index (χ3n) is 7.59. The summed E-state index contributed by atoms with van der Waals surface area (Å²) < 4.78 is 76.2. The van der Waals surface area contributed by atoms with Crippen molar-refractivity contribution in [3.63, 3.8) is 0 Å². The smallest absolute Gasteiger partial charge is 0.264 e. The number of nitrogens with zero attached hydrogens (tertiary/aromatic N) is 2. The Morgan fingerprint density at radius 1 is 1.02 bits per heavy atom. The van der Waals surface area contributed by atoms with Gasteiger partial charge in [0.2, 0.25) is 11.4 Å². The second-order valence-corrected chi connectivity index (χ2v) is 15.1. The van der Waals surface area contributed by atoms with E-state index in [1.807, 2.05) is 66.4 Å². The molecule has 1 aliphatic rings. The normalized spacial score (nSPS) is 14.1. The highest BCUT2D eigenvalue weighted by atomic mass is 32.2. The molecule has 47 heavy (non-hydrogen) atoms. The van der Waals surface area contributed by atoms with Gasteiger partial charge in [0.1, 0.15) is 4.70 Å². The zero-order valence-corrected chi connectivity index (χ0v) is 28.7. The molecule has 1 N–H and O–H groups in total. The van der Waals surface area contributed by atoms with Crippen LogP contribution in [0.1, 0.15) is 56.2 Å². The first kappa shape index (κ1) is 34.2. The van der Waals surface area contributed by atoms with Gasteiger partial charge in [-0.2, -0.15) is 13.0 Å². The predicted molar refractivity (Wildman–Crippen MR) is 186 cm³/mol. The van der Waals surface area contributed by atoms with E-state index in [0.29, 0.717) is 35.8 Å². The molecule has 0 fully saturated rings. The molecule has 2 heterocycles. The second kappa shape index (κ2) is 14.3. The predicted octanol–water partition coefficient (Wildman–Crippen LogP) is 5.83. The van der Waals surface area contributed by atoms with Gasteiger partial charge >= 0.3 is 0 Å². The lowest BCUT2D eigenvalue weighted by Crippen LogP contribution is -2.36. The van der Waals surface area contributed by atoms with Gasteiger partial charge in [-0.1, -0.05) is 54.4 Å². The van der Waals surface area contributed by atoms with E-state index in [-0.39, 0.29) is 19.4 Å². The van der Waals surface area contributed by atoms with Gasteiger partial charge in [-0.25, -0.2) is 8.42 Å². The number of benzene rings is 3. The second-order valence-electron chi connectivity index (χ2n) is 10.9. The number of hydrogen-bond acceptors (Lipinski definition) is 8. The lowest BCUT2D eigenvalue weighted by molar-refractivity contribution is -0.667. The highest BCUT2D eigenvalue weighted by molar-refractivity contribution is 7.85. The van der Waals surface area contributed by atoms with E-state index in [1.165, 1.54) is 0 Å². The minimum absolute atomic E-state index is 0.154. The van der Waals surface area contributed by atoms with Gasteiger partial charge in [0.15, 0.2) is 12.3 Å². The highest BCUT2D eigenvalue weighted by Gasteiger charge is 2.29. The summed E-state index contributed by atoms with van der Waals surface area (Å²) in [6, 6.07) is 15.8. The quantitative estimate of drug-likeness (QED) is 0.118. The van der Waals surface area contributed by atoms with Crippen molar-refractivity contribution in [1.29, 1.82) is 0 Å². The molecular formula is C35H34N2O7S3. The standard InChI is InChI=1S/C35H34N2O7S3/c1-4-11-27-23-30-31(24-28(27)12-5-2)44-33(36(30)17-9-19-46(38,39)40)21-25(6-3)22-34-37(18-10-20-47(41,42)43)35-29-14-8-7-13-26(29)15-16-32(35)45-34/h7-8,13-16,21-24H,6,9-10,17-20H2,1-3H3,(H-,38,39,40,41,42,43). The molecule has 0 saturated heterocycles. The topological polar surface area (TPSA) is 128 Å². The van der Waals surface area contributed by atoms with Crippen LogP contribution in [-0.4, -0.2) is 44.0 Å². The van der Waals surface area contributed by atoms with Gasteiger partial charge in [-0.15, -0.1) is 11.8 Å². The summed E-state index contributed by atoms with van der Waals surface area (Å²) in [5.74, 6) is 12.2. The Morgan fingerprint density at radius 2 is 1.74 bits per heavy atom. The van der Waals surface area contributed by atoms with Crippen LogP contribution in [0.3, 0.4) is 0 Å². The van der Waals surface area contributed by atoms with E-state index in [2.05, 4.69) is 34.3 Å². The Bertz CT molecular complexity index is 2260. The number of rotatable bonds is 11. The lowest BCUT2D eigenvalue weighted by atomic mass is 10.1. The van der Waals surface area contributed by atoms with Crippen LogP contribution in [0.25, 0.3) is 27.1 Å². The summed E-state index contributed by atoms with van der Waals surface area (Å²) in [7, 11) is -8.53. The average Bonchev–Trinajstić information content (AvgIpc) is 3.52. The van der Waals surface area contributed by atoms with E-state index < -0.39 is 31.7 Å². The highest BCUT2D eigenvalue weighted by Crippen LogP contribution is 2.41. The molecule has 0 saturated carbocycles. The average molecular weight is 691 g/mol. The van der Waals surface area contributed by atoms with E-state index in [0.717, 1.165) is 37.1 Å². The van der Waals surface area contributed by atoms with Gasteiger partial charge in [-0.05, 0) is 61.9 Å². The Morgan fingerprint density at radius 3 is 2.43 bits per heavy atom. The van der Waals surface area contributed by atoms with Crippen molar-refractivity contribution in [2.24, 2.45) is 0 Å². The van der Waals surface area contributed by atoms with Crippen LogP contribution in [-0.2, 0) is 26.8 Å². The van der Waals surface area contributed by atoms with Crippen LogP contribution in [0.15, 0.2) is 66.1 Å². The molecule has 5 rings (SSSR count). The maximum atomic E-state index is 11.5. The molecule has 3 aromatic carbocycles. The van der Waals surface area contributed by atoms with Gasteiger partial charge in [0, 0.05) is 42.0 Å². The lowest BCUT2D eigenvalue weighted by Gasteiger charge is -2.18. The molecule has 1 aromatic heterocycles. The van der Waals surface area contributed by atoms with Crippen LogP contribution in [0.4, 0.5) is 5.69 Å². The van der Waals surface area contributed by atoms with Crippen molar-refractivity contribution in [3.05, 3.63) is 82.2 Å². The Kier molecular flexibility index (Phi) is 10.4. The molecule has 9 nitrogen and oxygen atoms in total. The fourth-order valence-electron chi connectivity index (χ4n) is 5.53. The maximum Gasteiger partial charge on any atom is 0.264 e. The summed E-state index contributed by atoms with van der Waals surface area (Å²) in [6.07, 6.45) is 4.87. The van der Waals surface area contributed by atoms with E-state index in [4.69, 9.17) is 4.74 Å². The molecule has 244 valence electrons. The van der Waals surface area contributed by atoms with Crippen molar-refractivity contribution in [2.75, 3.05) is 23.0 Å². The zero-order chi connectivity index (χ0) is 33.8. The molecule has 1 aliphatic heterocycles. The summed E-state index contributed by atoms with van der Waals surface area (Å²) in [6.45, 7) is 6.08. The summed E-state index contributed by atoms with van der Waals surface area (Å²) in [5, 5.41) is 2.95. The van der Waals surface area contributed by atoms with Crippen molar-refractivity contribution in [3.8, 4) is 29.4 Å². The van der Waals surface area contributed by atoms with Crippen LogP contribution in [0, 0.1) is 23.7 Å². The molecule has 4 aromatic rings. The van der Waals surface area contributed by atoms with Crippen LogP contribution in [0.5, 0.6) is 5.75 Å². The zero-order valence-electron chi connectivity index (χ0n) is 26.2. The number of allylic oxidation sites excluding steroid dienone is 2. The number of hydrogen-bond donors (Lipinski definition) is 1. The first-order valence-electron chi connectivity index (χ1n) is 15.0. The third kappa shape index (κ3) is 8.22. The SMILES string of the molecule is CC#Cc1cc2c(cc1C#CC)N(CCCS(=O)(=O)O)/C(=C/C(=Cc1sc3ccc4ccccc4c3[n+]1CCCS(=O)(=O)[O-])CC)O2. The van der Waals surface area contributed by atoms with Gasteiger partial charge < -0.3 is 14.2 Å². The largest absolute Gasteiger partial charge is 0.748 e. The van der Waals surface area contributed by atoms with Crippen molar-refractivity contribution in [2.45, 2.75) is 46.6 Å². The Hall–Kier alpha value is -4.17. The number of aryl methyl sites for hydroxylation is 1. The van der Waals surface area contributed by atoms with Gasteiger partial charge in [0.25, 0.3) is 15.1 Å². The Balaban J connectivity index is 1.61. The first-order valence-corrected chi connectivity index (χ1v) is 19.0. The van der Waals surface area contributed by atoms with Crippen LogP contribution >= 0.6 is 11.3 Å². The fourth-order valence-corrected chi connectivity index (χ4v) is 7.69. The third-order valence-corrected chi connectivity index (χ3v) is 10.3. The molecule has 0 aliphatic carbocycles. The Labute approximate surface area is 279 Å². The first-order chi connectivity index (χ1) is 22.4. The molecule has 0 bridgehead atoms. The van der Waals surface area contributed by atoms with E-state index >= 15 is 0 Å². The summed E-state index contributed by atoms with van der Waals surface area (Å²) in [4.78, 5) is 1.87. The molecule has 0 atom stereocenters. The maximum absolute atomic E-state index is 11.5. The van der Waals surface area contributed by atoms with E-state index in [1.54, 1.807) is 25.2 Å². The monoisotopic (exact) mass is 690 g/mol.